The van der Waals surface area contributed by atoms with Gasteiger partial charge in [0, 0.05) is 6.04 Å². The molecule has 0 bridgehead atoms. The number of carboxylic acids is 1. The van der Waals surface area contributed by atoms with Gasteiger partial charge in [-0.3, -0.25) is 0 Å². The van der Waals surface area contributed by atoms with Crippen molar-refractivity contribution in [1.29, 1.82) is 0 Å². The summed E-state index contributed by atoms with van der Waals surface area (Å²) in [6.07, 6.45) is -3.52. The third kappa shape index (κ3) is 9.49. The SMILES string of the molecule is CCCC[C@H](O)[C@H](O)[C@@H](N)Cc1ccccc1.O=C(O)C(F)(F)F. The van der Waals surface area contributed by atoms with E-state index in [1.54, 1.807) is 0 Å². The van der Waals surface area contributed by atoms with Gasteiger partial charge in [-0.1, -0.05) is 50.1 Å². The lowest BCUT2D eigenvalue weighted by atomic mass is 9.96. The predicted octanol–water partition coefficient (Wildman–Crippen LogP) is 2.10. The van der Waals surface area contributed by atoms with Crippen molar-refractivity contribution in [3.8, 4) is 0 Å². The molecule has 0 fully saturated rings. The number of aliphatic hydroxyl groups excluding tert-OH is 2. The van der Waals surface area contributed by atoms with E-state index in [0.717, 1.165) is 18.4 Å². The molecule has 5 N–H and O–H groups in total. The van der Waals surface area contributed by atoms with Crippen LogP contribution < -0.4 is 5.73 Å². The number of rotatable bonds is 7. The van der Waals surface area contributed by atoms with Crippen LogP contribution in [0.3, 0.4) is 0 Å². The summed E-state index contributed by atoms with van der Waals surface area (Å²) in [6.45, 7) is 2.06. The molecule has 3 atom stereocenters. The molecule has 0 aliphatic rings. The normalized spacial score (nSPS) is 15.0. The van der Waals surface area contributed by atoms with Crippen LogP contribution in [0.1, 0.15) is 31.7 Å². The molecule has 0 aromatic heterocycles. The van der Waals surface area contributed by atoms with Gasteiger partial charge in [0.25, 0.3) is 0 Å². The Morgan fingerprint density at radius 1 is 1.21 bits per heavy atom. The maximum atomic E-state index is 10.6. The molecule has 0 saturated carbocycles. The lowest BCUT2D eigenvalue weighted by molar-refractivity contribution is -0.192. The van der Waals surface area contributed by atoms with Crippen LogP contribution in [0.4, 0.5) is 13.2 Å². The van der Waals surface area contributed by atoms with Crippen molar-refractivity contribution in [3.63, 3.8) is 0 Å². The number of benzene rings is 1. The molecule has 0 spiro atoms. The monoisotopic (exact) mass is 351 g/mol. The van der Waals surface area contributed by atoms with Gasteiger partial charge in [-0.05, 0) is 18.4 Å². The fraction of sp³-hybridized carbons (Fsp3) is 0.562. The topological polar surface area (TPSA) is 104 Å². The van der Waals surface area contributed by atoms with E-state index >= 15 is 0 Å². The molecule has 0 heterocycles. The second-order valence-electron chi connectivity index (χ2n) is 5.36. The van der Waals surface area contributed by atoms with E-state index < -0.39 is 30.4 Å². The number of halogens is 3. The summed E-state index contributed by atoms with van der Waals surface area (Å²) in [5.41, 5.74) is 7.00. The Hall–Kier alpha value is -1.64. The number of hydrogen-bond acceptors (Lipinski definition) is 4. The van der Waals surface area contributed by atoms with E-state index in [9.17, 15) is 23.4 Å². The van der Waals surface area contributed by atoms with Crippen LogP contribution in [0, 0.1) is 0 Å². The third-order valence-electron chi connectivity index (χ3n) is 3.24. The molecular formula is C16H24F3NO4. The molecule has 138 valence electrons. The highest BCUT2D eigenvalue weighted by Gasteiger charge is 2.38. The number of aliphatic carboxylic acids is 1. The number of alkyl halides is 3. The second kappa shape index (κ2) is 11.0. The summed E-state index contributed by atoms with van der Waals surface area (Å²) in [7, 11) is 0. The molecule has 8 heteroatoms. The van der Waals surface area contributed by atoms with E-state index in [-0.39, 0.29) is 0 Å². The Labute approximate surface area is 138 Å². The fourth-order valence-electron chi connectivity index (χ4n) is 1.88. The van der Waals surface area contributed by atoms with Crippen LogP contribution in [-0.4, -0.2) is 45.7 Å². The number of nitrogens with two attached hydrogens (primary N) is 1. The quantitative estimate of drug-likeness (QED) is 0.602. The molecule has 0 aliphatic heterocycles. The van der Waals surface area contributed by atoms with Crippen LogP contribution in [0.15, 0.2) is 30.3 Å². The van der Waals surface area contributed by atoms with Gasteiger partial charge >= 0.3 is 12.1 Å². The van der Waals surface area contributed by atoms with Gasteiger partial charge in [0.15, 0.2) is 0 Å². The average molecular weight is 351 g/mol. The Bertz CT molecular complexity index is 468. The smallest absolute Gasteiger partial charge is 0.475 e. The lowest BCUT2D eigenvalue weighted by Gasteiger charge is -2.23. The molecule has 24 heavy (non-hydrogen) atoms. The van der Waals surface area contributed by atoms with E-state index in [1.165, 1.54) is 0 Å². The number of carboxylic acid groups (broad SMARTS) is 1. The minimum atomic E-state index is -5.08. The average Bonchev–Trinajstić information content (AvgIpc) is 2.52. The van der Waals surface area contributed by atoms with Gasteiger partial charge in [-0.15, -0.1) is 0 Å². The summed E-state index contributed by atoms with van der Waals surface area (Å²) in [4.78, 5) is 8.90. The van der Waals surface area contributed by atoms with Crippen molar-refractivity contribution in [3.05, 3.63) is 35.9 Å². The number of carbonyl (C=O) groups is 1. The van der Waals surface area contributed by atoms with Crippen LogP contribution in [0.2, 0.25) is 0 Å². The predicted molar refractivity (Wildman–Crippen MR) is 83.4 cm³/mol. The molecule has 5 nitrogen and oxygen atoms in total. The third-order valence-corrected chi connectivity index (χ3v) is 3.24. The zero-order chi connectivity index (χ0) is 18.8. The van der Waals surface area contributed by atoms with Gasteiger partial charge in [-0.2, -0.15) is 13.2 Å². The highest BCUT2D eigenvalue weighted by Crippen LogP contribution is 2.13. The number of hydrogen-bond donors (Lipinski definition) is 4. The van der Waals surface area contributed by atoms with E-state index in [2.05, 4.69) is 6.92 Å². The van der Waals surface area contributed by atoms with Gasteiger partial charge < -0.3 is 21.1 Å². The maximum Gasteiger partial charge on any atom is 0.490 e. The van der Waals surface area contributed by atoms with Gasteiger partial charge in [0.2, 0.25) is 0 Å². The summed E-state index contributed by atoms with van der Waals surface area (Å²) >= 11 is 0. The van der Waals surface area contributed by atoms with E-state index in [4.69, 9.17) is 15.6 Å². The van der Waals surface area contributed by atoms with Gasteiger partial charge in [0.05, 0.1) is 12.2 Å². The zero-order valence-electron chi connectivity index (χ0n) is 13.4. The van der Waals surface area contributed by atoms with E-state index in [0.29, 0.717) is 12.8 Å². The van der Waals surface area contributed by atoms with Crippen molar-refractivity contribution in [2.75, 3.05) is 0 Å². The maximum absolute atomic E-state index is 10.6. The van der Waals surface area contributed by atoms with Gasteiger partial charge in [0.1, 0.15) is 0 Å². The largest absolute Gasteiger partial charge is 0.490 e. The van der Waals surface area contributed by atoms with Crippen molar-refractivity contribution in [1.82, 2.24) is 0 Å². The van der Waals surface area contributed by atoms with E-state index in [1.807, 2.05) is 30.3 Å². The fourth-order valence-corrected chi connectivity index (χ4v) is 1.88. The van der Waals surface area contributed by atoms with Crippen molar-refractivity contribution >= 4 is 5.97 Å². The lowest BCUT2D eigenvalue weighted by Crippen LogP contribution is -2.44. The number of unbranched alkanes of at least 4 members (excludes halogenated alkanes) is 1. The number of aliphatic hydroxyl groups is 2. The van der Waals surface area contributed by atoms with Crippen LogP contribution in [0.25, 0.3) is 0 Å². The first-order valence-corrected chi connectivity index (χ1v) is 7.55. The summed E-state index contributed by atoms with van der Waals surface area (Å²) in [6, 6.07) is 9.38. The molecule has 1 aromatic rings. The Kier molecular flexibility index (Phi) is 10.3. The first kappa shape index (κ1) is 22.4. The first-order chi connectivity index (χ1) is 11.1. The first-order valence-electron chi connectivity index (χ1n) is 7.55. The van der Waals surface area contributed by atoms with Crippen LogP contribution in [-0.2, 0) is 11.2 Å². The second-order valence-corrected chi connectivity index (χ2v) is 5.36. The molecule has 1 aromatic carbocycles. The minimum Gasteiger partial charge on any atom is -0.475 e. The molecular weight excluding hydrogens is 327 g/mol. The Morgan fingerprint density at radius 3 is 2.12 bits per heavy atom. The molecule has 1 rings (SSSR count). The summed E-state index contributed by atoms with van der Waals surface area (Å²) < 4.78 is 31.7. The molecule has 0 aliphatic carbocycles. The highest BCUT2D eigenvalue weighted by molar-refractivity contribution is 5.73. The van der Waals surface area contributed by atoms with Crippen molar-refractivity contribution < 1.29 is 33.3 Å². The summed E-state index contributed by atoms with van der Waals surface area (Å²) in [5.74, 6) is -2.76. The van der Waals surface area contributed by atoms with Gasteiger partial charge in [-0.25, -0.2) is 4.79 Å². The highest BCUT2D eigenvalue weighted by atomic mass is 19.4. The standard InChI is InChI=1S/C14H23NO2.C2HF3O2/c1-2-3-9-13(16)14(17)12(15)10-11-7-5-4-6-8-11;3-2(4,5)1(6)7/h4-8,12-14,16-17H,2-3,9-10,15H2,1H3;(H,6,7)/t12-,13-,14+;/m0./s1. The molecule has 0 saturated heterocycles. The van der Waals surface area contributed by atoms with Crippen LogP contribution >= 0.6 is 0 Å². The summed E-state index contributed by atoms with van der Waals surface area (Å²) in [5, 5.41) is 26.8. The van der Waals surface area contributed by atoms with Crippen LogP contribution in [0.5, 0.6) is 0 Å². The van der Waals surface area contributed by atoms with Crippen molar-refractivity contribution in [2.45, 2.75) is 57.0 Å². The minimum absolute atomic E-state index is 0.413. The zero-order valence-corrected chi connectivity index (χ0v) is 13.4. The Morgan fingerprint density at radius 2 is 1.71 bits per heavy atom. The molecule has 0 radical (unpaired) electrons. The van der Waals surface area contributed by atoms with Crippen molar-refractivity contribution in [2.24, 2.45) is 5.73 Å². The molecule has 0 amide bonds. The Balaban J connectivity index is 0.000000640. The molecule has 0 unspecified atom stereocenters.